The van der Waals surface area contributed by atoms with Gasteiger partial charge in [-0.15, -0.1) is 0 Å². The molecule has 2 aromatic rings. The van der Waals surface area contributed by atoms with Crippen molar-refractivity contribution in [2.24, 2.45) is 0 Å². The van der Waals surface area contributed by atoms with E-state index in [9.17, 15) is 18.0 Å². The standard InChI is InChI=1S/C16H21N3O5S/c1-16(2,18-25(22,23)13-6-4-3-5-7-13)9-11-24-12-19-10-8-14(20)17-15(19)21/h3-8,10,18H,9,11-12H2,1-2H3,(H,17,20,21). The van der Waals surface area contributed by atoms with Gasteiger partial charge in [0.15, 0.2) is 0 Å². The summed E-state index contributed by atoms with van der Waals surface area (Å²) < 4.78 is 34.0. The van der Waals surface area contributed by atoms with E-state index in [2.05, 4.69) is 9.71 Å². The van der Waals surface area contributed by atoms with Gasteiger partial charge in [0.1, 0.15) is 6.73 Å². The number of nitrogens with zero attached hydrogens (tertiary/aromatic N) is 1. The predicted molar refractivity (Wildman–Crippen MR) is 92.7 cm³/mol. The van der Waals surface area contributed by atoms with Crippen LogP contribution in [0.3, 0.4) is 0 Å². The van der Waals surface area contributed by atoms with Gasteiger partial charge in [0.2, 0.25) is 10.0 Å². The second-order valence-corrected chi connectivity index (χ2v) is 7.85. The number of hydrogen-bond donors (Lipinski definition) is 2. The zero-order valence-corrected chi connectivity index (χ0v) is 14.9. The lowest BCUT2D eigenvalue weighted by atomic mass is 10.0. The number of rotatable bonds is 8. The van der Waals surface area contributed by atoms with Crippen LogP contribution in [0, 0.1) is 0 Å². The average Bonchev–Trinajstić information content (AvgIpc) is 2.53. The summed E-state index contributed by atoms with van der Waals surface area (Å²) in [6, 6.07) is 9.34. The molecule has 1 aromatic heterocycles. The van der Waals surface area contributed by atoms with E-state index in [-0.39, 0.29) is 18.2 Å². The summed E-state index contributed by atoms with van der Waals surface area (Å²) in [6.45, 7) is 3.71. The van der Waals surface area contributed by atoms with Crippen LogP contribution in [-0.4, -0.2) is 30.1 Å². The zero-order valence-electron chi connectivity index (χ0n) is 14.1. The Bertz CT molecular complexity index is 917. The minimum absolute atomic E-state index is 0.0306. The van der Waals surface area contributed by atoms with Crippen LogP contribution in [-0.2, 0) is 21.5 Å². The maximum absolute atomic E-state index is 12.3. The monoisotopic (exact) mass is 367 g/mol. The molecule has 0 aliphatic heterocycles. The summed E-state index contributed by atoms with van der Waals surface area (Å²) >= 11 is 0. The highest BCUT2D eigenvalue weighted by Gasteiger charge is 2.25. The van der Waals surface area contributed by atoms with E-state index in [0.29, 0.717) is 6.42 Å². The lowest BCUT2D eigenvalue weighted by Crippen LogP contribution is -2.44. The lowest BCUT2D eigenvalue weighted by Gasteiger charge is -2.26. The Morgan fingerprint density at radius 3 is 2.48 bits per heavy atom. The topological polar surface area (TPSA) is 110 Å². The van der Waals surface area contributed by atoms with E-state index < -0.39 is 26.8 Å². The van der Waals surface area contributed by atoms with Gasteiger partial charge in [-0.05, 0) is 32.4 Å². The first-order valence-corrected chi connectivity index (χ1v) is 9.14. The summed E-state index contributed by atoms with van der Waals surface area (Å²) in [5, 5.41) is 0. The molecule has 2 rings (SSSR count). The van der Waals surface area contributed by atoms with Gasteiger partial charge in [-0.3, -0.25) is 14.3 Å². The van der Waals surface area contributed by atoms with Crippen LogP contribution in [0.5, 0.6) is 0 Å². The molecule has 136 valence electrons. The molecule has 0 saturated heterocycles. The Morgan fingerprint density at radius 2 is 1.84 bits per heavy atom. The van der Waals surface area contributed by atoms with E-state index in [4.69, 9.17) is 4.74 Å². The highest BCUT2D eigenvalue weighted by Crippen LogP contribution is 2.15. The van der Waals surface area contributed by atoms with Crippen molar-refractivity contribution < 1.29 is 13.2 Å². The van der Waals surface area contributed by atoms with Crippen LogP contribution in [0.2, 0.25) is 0 Å². The molecule has 0 fully saturated rings. The van der Waals surface area contributed by atoms with Gasteiger partial charge in [0.25, 0.3) is 5.56 Å². The molecule has 2 N–H and O–H groups in total. The molecule has 9 heteroatoms. The zero-order chi connectivity index (χ0) is 18.5. The molecular formula is C16H21N3O5S. The third-order valence-corrected chi connectivity index (χ3v) is 5.18. The van der Waals surface area contributed by atoms with Crippen LogP contribution >= 0.6 is 0 Å². The summed E-state index contributed by atoms with van der Waals surface area (Å²) in [6.07, 6.45) is 1.74. The summed E-state index contributed by atoms with van der Waals surface area (Å²) in [5.41, 5.74) is -1.76. The quantitative estimate of drug-likeness (QED) is 0.666. The average molecular weight is 367 g/mol. The van der Waals surface area contributed by atoms with E-state index in [1.807, 2.05) is 0 Å². The molecule has 0 atom stereocenters. The maximum atomic E-state index is 12.3. The van der Waals surface area contributed by atoms with Crippen LogP contribution in [0.15, 0.2) is 57.1 Å². The summed E-state index contributed by atoms with van der Waals surface area (Å²) in [7, 11) is -3.62. The van der Waals surface area contributed by atoms with Gasteiger partial charge < -0.3 is 4.74 Å². The molecule has 1 heterocycles. The largest absolute Gasteiger partial charge is 0.361 e. The van der Waals surface area contributed by atoms with Crippen LogP contribution < -0.4 is 16.0 Å². The molecule has 25 heavy (non-hydrogen) atoms. The van der Waals surface area contributed by atoms with Gasteiger partial charge in [0, 0.05) is 17.8 Å². The molecule has 0 unspecified atom stereocenters. The SMILES string of the molecule is CC(C)(CCOCn1ccc(=O)[nH]c1=O)NS(=O)(=O)c1ccccc1. The molecule has 0 saturated carbocycles. The first-order chi connectivity index (χ1) is 11.7. The second-order valence-electron chi connectivity index (χ2n) is 6.17. The van der Waals surface area contributed by atoms with Crippen molar-refractivity contribution >= 4 is 10.0 Å². The van der Waals surface area contributed by atoms with Gasteiger partial charge in [-0.2, -0.15) is 0 Å². The minimum atomic E-state index is -3.62. The number of ether oxygens (including phenoxy) is 1. The van der Waals surface area contributed by atoms with Crippen molar-refractivity contribution in [1.29, 1.82) is 0 Å². The molecule has 1 aromatic carbocycles. The molecule has 0 aliphatic rings. The van der Waals surface area contributed by atoms with E-state index in [0.717, 1.165) is 0 Å². The van der Waals surface area contributed by atoms with Crippen molar-refractivity contribution in [3.8, 4) is 0 Å². The number of aromatic amines is 1. The molecule has 8 nitrogen and oxygen atoms in total. The van der Waals surface area contributed by atoms with E-state index >= 15 is 0 Å². The van der Waals surface area contributed by atoms with E-state index in [1.54, 1.807) is 32.0 Å². The Balaban J connectivity index is 1.89. The molecule has 0 amide bonds. The molecule has 0 bridgehead atoms. The third kappa shape index (κ3) is 5.66. The van der Waals surface area contributed by atoms with E-state index in [1.165, 1.54) is 29.0 Å². The first kappa shape index (κ1) is 19.1. The van der Waals surface area contributed by atoms with Crippen molar-refractivity contribution in [2.75, 3.05) is 6.61 Å². The smallest absolute Gasteiger partial charge is 0.330 e. The van der Waals surface area contributed by atoms with Gasteiger partial charge in [-0.25, -0.2) is 17.9 Å². The molecule has 0 radical (unpaired) electrons. The maximum Gasteiger partial charge on any atom is 0.330 e. The Labute approximate surface area is 145 Å². The number of sulfonamides is 1. The number of benzene rings is 1. The van der Waals surface area contributed by atoms with Crippen molar-refractivity contribution in [3.63, 3.8) is 0 Å². The normalized spacial score (nSPS) is 12.2. The second kappa shape index (κ2) is 7.77. The summed E-state index contributed by atoms with van der Waals surface area (Å²) in [5.74, 6) is 0. The fraction of sp³-hybridized carbons (Fsp3) is 0.375. The highest BCUT2D eigenvalue weighted by molar-refractivity contribution is 7.89. The predicted octanol–water partition coefficient (Wildman–Crippen LogP) is 0.658. The first-order valence-electron chi connectivity index (χ1n) is 7.66. The van der Waals surface area contributed by atoms with Gasteiger partial charge in [0.05, 0.1) is 11.5 Å². The minimum Gasteiger partial charge on any atom is -0.361 e. The summed E-state index contributed by atoms with van der Waals surface area (Å²) in [4.78, 5) is 24.8. The third-order valence-electron chi connectivity index (χ3n) is 3.46. The Morgan fingerprint density at radius 1 is 1.16 bits per heavy atom. The fourth-order valence-electron chi connectivity index (χ4n) is 2.11. The Hall–Kier alpha value is -2.23. The number of aromatic nitrogens is 2. The van der Waals surface area contributed by atoms with Crippen molar-refractivity contribution in [1.82, 2.24) is 14.3 Å². The highest BCUT2D eigenvalue weighted by atomic mass is 32.2. The van der Waals surface area contributed by atoms with Crippen LogP contribution in [0.25, 0.3) is 0 Å². The van der Waals surface area contributed by atoms with Gasteiger partial charge >= 0.3 is 5.69 Å². The van der Waals surface area contributed by atoms with Crippen molar-refractivity contribution in [3.05, 3.63) is 63.4 Å². The lowest BCUT2D eigenvalue weighted by molar-refractivity contribution is 0.0618. The van der Waals surface area contributed by atoms with Crippen LogP contribution in [0.4, 0.5) is 0 Å². The molecule has 0 aliphatic carbocycles. The number of H-pyrrole nitrogens is 1. The number of hydrogen-bond acceptors (Lipinski definition) is 5. The molecular weight excluding hydrogens is 346 g/mol. The number of nitrogens with one attached hydrogen (secondary N) is 2. The molecule has 0 spiro atoms. The van der Waals surface area contributed by atoms with Crippen LogP contribution in [0.1, 0.15) is 20.3 Å². The fourth-order valence-corrected chi connectivity index (χ4v) is 3.57. The Kier molecular flexibility index (Phi) is 5.93. The van der Waals surface area contributed by atoms with Crippen molar-refractivity contribution in [2.45, 2.75) is 37.4 Å². The van der Waals surface area contributed by atoms with Gasteiger partial charge in [-0.1, -0.05) is 18.2 Å².